The average molecular weight is 699 g/mol. The highest BCUT2D eigenvalue weighted by Gasteiger charge is 2.49. The molecule has 3 amide bonds. The second kappa shape index (κ2) is 13.5. The van der Waals surface area contributed by atoms with Crippen LogP contribution in [-0.4, -0.2) is 77.8 Å². The summed E-state index contributed by atoms with van der Waals surface area (Å²) in [5.41, 5.74) is 2.26. The van der Waals surface area contributed by atoms with Gasteiger partial charge in [-0.1, -0.05) is 55.1 Å². The number of halogens is 3. The SMILES string of the molecule is C=C(CN1CC2(COC2)C1)C(=O)NCc1cccc([C@H]2c3cnn(-c4ccccc4)c3N(CC)C(=O)[C@@H]2NC(=O)c2cccc(C(F)(F)F)c2)c1. The molecule has 2 N–H and O–H groups in total. The highest BCUT2D eigenvalue weighted by Crippen LogP contribution is 2.42. The van der Waals surface area contributed by atoms with E-state index >= 15 is 0 Å². The summed E-state index contributed by atoms with van der Waals surface area (Å²) in [6.45, 7) is 9.96. The Labute approximate surface area is 292 Å². The lowest BCUT2D eigenvalue weighted by Crippen LogP contribution is -2.66. The van der Waals surface area contributed by atoms with Gasteiger partial charge in [0.05, 0.1) is 30.7 Å². The largest absolute Gasteiger partial charge is 0.416 e. The molecule has 2 fully saturated rings. The molecule has 0 radical (unpaired) electrons. The van der Waals surface area contributed by atoms with E-state index in [4.69, 9.17) is 4.74 Å². The van der Waals surface area contributed by atoms with E-state index in [0.717, 1.165) is 55.8 Å². The second-order valence-electron chi connectivity index (χ2n) is 13.4. The molecule has 0 unspecified atom stereocenters. The van der Waals surface area contributed by atoms with Gasteiger partial charge >= 0.3 is 6.18 Å². The zero-order valence-corrected chi connectivity index (χ0v) is 28.0. The van der Waals surface area contributed by atoms with Gasteiger partial charge in [-0.15, -0.1) is 0 Å². The van der Waals surface area contributed by atoms with Crippen molar-refractivity contribution in [2.45, 2.75) is 31.6 Å². The van der Waals surface area contributed by atoms with Crippen molar-refractivity contribution in [2.24, 2.45) is 5.41 Å². The van der Waals surface area contributed by atoms with E-state index < -0.39 is 35.5 Å². The number of carbonyl (C=O) groups is 3. The van der Waals surface area contributed by atoms with Crippen LogP contribution >= 0.6 is 0 Å². The van der Waals surface area contributed by atoms with Crippen LogP contribution in [0.25, 0.3) is 5.69 Å². The van der Waals surface area contributed by atoms with Gasteiger partial charge in [0, 0.05) is 60.8 Å². The van der Waals surface area contributed by atoms with Crippen LogP contribution in [0, 0.1) is 5.41 Å². The summed E-state index contributed by atoms with van der Waals surface area (Å²) in [5, 5.41) is 10.4. The van der Waals surface area contributed by atoms with Gasteiger partial charge in [0.1, 0.15) is 11.9 Å². The van der Waals surface area contributed by atoms with Gasteiger partial charge in [0.2, 0.25) is 5.91 Å². The summed E-state index contributed by atoms with van der Waals surface area (Å²) in [7, 11) is 0. The Morgan fingerprint density at radius 3 is 2.45 bits per heavy atom. The molecular formula is C38H37F3N6O4. The van der Waals surface area contributed by atoms with E-state index in [-0.39, 0.29) is 30.0 Å². The zero-order chi connectivity index (χ0) is 35.9. The minimum atomic E-state index is -4.65. The van der Waals surface area contributed by atoms with Crippen LogP contribution in [0.4, 0.5) is 19.0 Å². The van der Waals surface area contributed by atoms with Gasteiger partial charge in [-0.05, 0) is 48.4 Å². The number of fused-ring (bicyclic) bond motifs is 1. The van der Waals surface area contributed by atoms with Gasteiger partial charge < -0.3 is 15.4 Å². The number of anilines is 1. The number of hydrogen-bond donors (Lipinski definition) is 2. The van der Waals surface area contributed by atoms with Crippen LogP contribution in [-0.2, 0) is 27.0 Å². The Balaban J connectivity index is 1.18. The number of hydrogen-bond acceptors (Lipinski definition) is 6. The van der Waals surface area contributed by atoms with Gasteiger partial charge in [0.15, 0.2) is 0 Å². The fourth-order valence-corrected chi connectivity index (χ4v) is 7.21. The number of likely N-dealkylation sites (tertiary alicyclic amines) is 1. The molecule has 1 spiro atoms. The molecule has 2 saturated heterocycles. The third-order valence-electron chi connectivity index (χ3n) is 9.72. The summed E-state index contributed by atoms with van der Waals surface area (Å²) in [5.74, 6) is -1.76. The van der Waals surface area contributed by atoms with Crippen molar-refractivity contribution in [3.8, 4) is 5.69 Å². The summed E-state index contributed by atoms with van der Waals surface area (Å²) in [6, 6.07) is 19.5. The minimum absolute atomic E-state index is 0.183. The molecule has 4 heterocycles. The topological polar surface area (TPSA) is 109 Å². The second-order valence-corrected chi connectivity index (χ2v) is 13.4. The Hall–Kier alpha value is -5.27. The maximum absolute atomic E-state index is 14.3. The Kier molecular flexibility index (Phi) is 9.02. The number of carbonyl (C=O) groups excluding carboxylic acids is 3. The van der Waals surface area contributed by atoms with E-state index in [1.54, 1.807) is 23.9 Å². The molecule has 3 aliphatic heterocycles. The maximum atomic E-state index is 14.3. The number of rotatable bonds is 10. The van der Waals surface area contributed by atoms with E-state index in [1.165, 1.54) is 11.0 Å². The summed E-state index contributed by atoms with van der Waals surface area (Å²) in [4.78, 5) is 44.6. The highest BCUT2D eigenvalue weighted by molar-refractivity contribution is 6.05. The molecule has 13 heteroatoms. The molecular weight excluding hydrogens is 661 g/mol. The highest BCUT2D eigenvalue weighted by atomic mass is 19.4. The van der Waals surface area contributed by atoms with Crippen LogP contribution in [0.1, 0.15) is 45.5 Å². The molecule has 51 heavy (non-hydrogen) atoms. The van der Waals surface area contributed by atoms with E-state index in [1.807, 2.05) is 48.5 Å². The van der Waals surface area contributed by atoms with Crippen molar-refractivity contribution < 1.29 is 32.3 Å². The summed E-state index contributed by atoms with van der Waals surface area (Å²) in [6.07, 6.45) is -3.00. The number of aromatic nitrogens is 2. The van der Waals surface area contributed by atoms with Gasteiger partial charge in [-0.2, -0.15) is 18.3 Å². The maximum Gasteiger partial charge on any atom is 0.416 e. The molecule has 264 valence electrons. The fraction of sp³-hybridized carbons (Fsp3) is 0.316. The van der Waals surface area contributed by atoms with E-state index in [9.17, 15) is 27.6 Å². The molecule has 0 aliphatic carbocycles. The molecule has 0 saturated carbocycles. The third-order valence-corrected chi connectivity index (χ3v) is 9.72. The number of amides is 3. The predicted molar refractivity (Wildman–Crippen MR) is 183 cm³/mol. The number of benzene rings is 3. The fourth-order valence-electron chi connectivity index (χ4n) is 7.21. The van der Waals surface area contributed by atoms with Crippen molar-refractivity contribution >= 4 is 23.5 Å². The number of para-hydroxylation sites is 1. The summed E-state index contributed by atoms with van der Waals surface area (Å²) < 4.78 is 47.5. The Morgan fingerprint density at radius 2 is 1.76 bits per heavy atom. The van der Waals surface area contributed by atoms with Crippen molar-refractivity contribution in [1.29, 1.82) is 0 Å². The third kappa shape index (κ3) is 6.66. The molecule has 3 aromatic carbocycles. The molecule has 4 aromatic rings. The lowest BCUT2D eigenvalue weighted by atomic mass is 9.78. The molecule has 3 aliphatic rings. The smallest absolute Gasteiger partial charge is 0.380 e. The lowest BCUT2D eigenvalue weighted by molar-refractivity contribution is -0.186. The zero-order valence-electron chi connectivity index (χ0n) is 28.0. The Morgan fingerprint density at radius 1 is 1.02 bits per heavy atom. The normalized spacial score (nSPS) is 19.5. The molecule has 7 rings (SSSR count). The van der Waals surface area contributed by atoms with E-state index in [2.05, 4.69) is 27.2 Å². The van der Waals surface area contributed by atoms with Crippen LogP contribution in [0.2, 0.25) is 0 Å². The Bertz CT molecular complexity index is 1980. The molecule has 10 nitrogen and oxygen atoms in total. The monoisotopic (exact) mass is 698 g/mol. The van der Waals surface area contributed by atoms with Gasteiger partial charge in [-0.3, -0.25) is 24.2 Å². The number of nitrogens with zero attached hydrogens (tertiary/aromatic N) is 4. The van der Waals surface area contributed by atoms with Crippen molar-refractivity contribution in [1.82, 2.24) is 25.3 Å². The van der Waals surface area contributed by atoms with Crippen LogP contribution in [0.5, 0.6) is 0 Å². The molecule has 2 atom stereocenters. The van der Waals surface area contributed by atoms with Crippen molar-refractivity contribution in [2.75, 3.05) is 44.3 Å². The first kappa shape index (κ1) is 34.2. The quantitative estimate of drug-likeness (QED) is 0.233. The molecule has 0 bridgehead atoms. The first-order valence-electron chi connectivity index (χ1n) is 16.7. The van der Waals surface area contributed by atoms with Crippen LogP contribution < -0.4 is 15.5 Å². The minimum Gasteiger partial charge on any atom is -0.380 e. The van der Waals surface area contributed by atoms with Crippen molar-refractivity contribution in [3.05, 3.63) is 125 Å². The number of ether oxygens (including phenoxy) is 1. The van der Waals surface area contributed by atoms with Crippen LogP contribution in [0.3, 0.4) is 0 Å². The number of nitrogens with one attached hydrogen (secondary N) is 2. The predicted octanol–water partition coefficient (Wildman–Crippen LogP) is 4.69. The number of likely N-dealkylation sites (N-methyl/N-ethyl adjacent to an activating group) is 1. The molecule has 1 aromatic heterocycles. The lowest BCUT2D eigenvalue weighted by Gasteiger charge is -2.55. The van der Waals surface area contributed by atoms with Gasteiger partial charge in [0.25, 0.3) is 11.8 Å². The van der Waals surface area contributed by atoms with Gasteiger partial charge in [-0.25, -0.2) is 4.68 Å². The van der Waals surface area contributed by atoms with Crippen molar-refractivity contribution in [3.63, 3.8) is 0 Å². The number of alkyl halides is 3. The average Bonchev–Trinajstić information content (AvgIpc) is 3.52. The van der Waals surface area contributed by atoms with E-state index in [0.29, 0.717) is 29.1 Å². The summed E-state index contributed by atoms with van der Waals surface area (Å²) >= 11 is 0. The standard InChI is InChI=1S/C38H37F3N6O4/c1-3-46-35-30(18-43-47(35)29-13-5-4-6-14-29)31(32(36(46)50)44-34(49)27-11-8-12-28(16-27)38(39,40)41)26-10-7-9-25(15-26)17-42-33(48)24(2)19-45-20-37(21-45)22-51-23-37/h4-16,18,31-32H,2-3,17,19-23H2,1H3,(H,42,48)(H,44,49)/t31-,32+/m0/s1. The van der Waals surface area contributed by atoms with Crippen LogP contribution in [0.15, 0.2) is 97.2 Å². The first-order valence-corrected chi connectivity index (χ1v) is 16.7. The first-order chi connectivity index (χ1) is 24.5.